The SMILES string of the molecule is C=C(CCC)/C(=C/CO)C(O)CC/C(=C/c1ccccc1O)c1ccccn1. The van der Waals surface area contributed by atoms with Crippen molar-refractivity contribution in [2.45, 2.75) is 38.7 Å². The summed E-state index contributed by atoms with van der Waals surface area (Å²) in [4.78, 5) is 4.42. The smallest absolute Gasteiger partial charge is 0.122 e. The zero-order valence-electron chi connectivity index (χ0n) is 16.4. The van der Waals surface area contributed by atoms with Crippen LogP contribution in [-0.4, -0.2) is 33.0 Å². The van der Waals surface area contributed by atoms with Crippen molar-refractivity contribution in [2.75, 3.05) is 6.61 Å². The van der Waals surface area contributed by atoms with Gasteiger partial charge in [0.2, 0.25) is 0 Å². The Hall–Kier alpha value is -2.69. The van der Waals surface area contributed by atoms with Crippen molar-refractivity contribution in [3.8, 4) is 5.75 Å². The second-order valence-corrected chi connectivity index (χ2v) is 6.69. The number of hydrogen-bond donors (Lipinski definition) is 3. The number of rotatable bonds is 10. The van der Waals surface area contributed by atoms with Gasteiger partial charge in [-0.1, -0.05) is 50.3 Å². The molecule has 0 aliphatic carbocycles. The molecule has 0 bridgehead atoms. The Morgan fingerprint density at radius 1 is 1.14 bits per heavy atom. The molecule has 28 heavy (non-hydrogen) atoms. The van der Waals surface area contributed by atoms with Gasteiger partial charge < -0.3 is 15.3 Å². The molecule has 0 radical (unpaired) electrons. The molecule has 148 valence electrons. The summed E-state index contributed by atoms with van der Waals surface area (Å²) in [6.07, 6.45) is 7.29. The number of phenolic OH excluding ortho intramolecular Hbond substituents is 1. The highest BCUT2D eigenvalue weighted by atomic mass is 16.3. The quantitative estimate of drug-likeness (QED) is 0.521. The molecule has 1 aromatic carbocycles. The summed E-state index contributed by atoms with van der Waals surface area (Å²) < 4.78 is 0. The van der Waals surface area contributed by atoms with Gasteiger partial charge in [-0.25, -0.2) is 0 Å². The lowest BCUT2D eigenvalue weighted by molar-refractivity contribution is 0.202. The Kier molecular flexibility index (Phi) is 8.66. The lowest BCUT2D eigenvalue weighted by Gasteiger charge is -2.18. The molecule has 0 saturated heterocycles. The number of benzene rings is 1. The molecule has 1 heterocycles. The minimum atomic E-state index is -0.720. The molecule has 4 heteroatoms. The minimum absolute atomic E-state index is 0.129. The minimum Gasteiger partial charge on any atom is -0.507 e. The highest BCUT2D eigenvalue weighted by molar-refractivity contribution is 5.81. The summed E-state index contributed by atoms with van der Waals surface area (Å²) in [6, 6.07) is 12.8. The maximum Gasteiger partial charge on any atom is 0.122 e. The molecule has 3 N–H and O–H groups in total. The summed E-state index contributed by atoms with van der Waals surface area (Å²) in [7, 11) is 0. The van der Waals surface area contributed by atoms with E-state index >= 15 is 0 Å². The number of aliphatic hydroxyl groups is 2. The molecule has 0 aliphatic rings. The molecule has 2 aromatic rings. The van der Waals surface area contributed by atoms with Crippen LogP contribution in [0.4, 0.5) is 0 Å². The monoisotopic (exact) mass is 379 g/mol. The molecule has 0 spiro atoms. The zero-order chi connectivity index (χ0) is 20.4. The summed E-state index contributed by atoms with van der Waals surface area (Å²) in [5.41, 5.74) is 3.99. The van der Waals surface area contributed by atoms with Gasteiger partial charge in [0.05, 0.1) is 18.4 Å². The second kappa shape index (κ2) is 11.2. The van der Waals surface area contributed by atoms with Crippen LogP contribution in [0, 0.1) is 0 Å². The van der Waals surface area contributed by atoms with Crippen LogP contribution < -0.4 is 0 Å². The van der Waals surface area contributed by atoms with Gasteiger partial charge in [-0.05, 0) is 60.3 Å². The van der Waals surface area contributed by atoms with Gasteiger partial charge in [-0.3, -0.25) is 4.98 Å². The Labute approximate surface area is 167 Å². The van der Waals surface area contributed by atoms with Crippen LogP contribution in [0.15, 0.2) is 72.5 Å². The molecule has 1 unspecified atom stereocenters. The Morgan fingerprint density at radius 3 is 2.54 bits per heavy atom. The molecule has 0 fully saturated rings. The predicted molar refractivity (Wildman–Crippen MR) is 115 cm³/mol. The number of aromatic nitrogens is 1. The zero-order valence-corrected chi connectivity index (χ0v) is 16.4. The second-order valence-electron chi connectivity index (χ2n) is 6.69. The largest absolute Gasteiger partial charge is 0.507 e. The van der Waals surface area contributed by atoms with Gasteiger partial charge in [-0.15, -0.1) is 0 Å². The van der Waals surface area contributed by atoms with Crippen LogP contribution in [0.25, 0.3) is 11.6 Å². The van der Waals surface area contributed by atoms with Gasteiger partial charge in [0, 0.05) is 11.8 Å². The first-order chi connectivity index (χ1) is 13.6. The topological polar surface area (TPSA) is 73.6 Å². The van der Waals surface area contributed by atoms with Gasteiger partial charge in [-0.2, -0.15) is 0 Å². The number of hydrogen-bond acceptors (Lipinski definition) is 4. The molecule has 2 rings (SSSR count). The summed E-state index contributed by atoms with van der Waals surface area (Å²) >= 11 is 0. The third-order valence-electron chi connectivity index (χ3n) is 4.58. The first-order valence-corrected chi connectivity index (χ1v) is 9.63. The number of phenols is 1. The molecule has 0 amide bonds. The van der Waals surface area contributed by atoms with E-state index in [4.69, 9.17) is 0 Å². The van der Waals surface area contributed by atoms with Crippen molar-refractivity contribution in [1.29, 1.82) is 0 Å². The molecule has 4 nitrogen and oxygen atoms in total. The van der Waals surface area contributed by atoms with Crippen molar-refractivity contribution in [3.63, 3.8) is 0 Å². The van der Waals surface area contributed by atoms with E-state index in [0.29, 0.717) is 24.0 Å². The van der Waals surface area contributed by atoms with Crippen molar-refractivity contribution in [3.05, 3.63) is 83.7 Å². The first kappa shape index (κ1) is 21.6. The van der Waals surface area contributed by atoms with Crippen molar-refractivity contribution >= 4 is 11.6 Å². The third-order valence-corrected chi connectivity index (χ3v) is 4.58. The lowest BCUT2D eigenvalue weighted by Crippen LogP contribution is -2.13. The highest BCUT2D eigenvalue weighted by Gasteiger charge is 2.15. The van der Waals surface area contributed by atoms with Crippen LogP contribution in [-0.2, 0) is 0 Å². The lowest BCUT2D eigenvalue weighted by atomic mass is 9.92. The van der Waals surface area contributed by atoms with Crippen molar-refractivity contribution in [2.24, 2.45) is 0 Å². The fraction of sp³-hybridized carbons (Fsp3) is 0.292. The number of para-hydroxylation sites is 1. The number of aromatic hydroxyl groups is 1. The summed E-state index contributed by atoms with van der Waals surface area (Å²) in [5.74, 6) is 0.202. The van der Waals surface area contributed by atoms with E-state index < -0.39 is 6.10 Å². The van der Waals surface area contributed by atoms with Gasteiger partial charge in [0.25, 0.3) is 0 Å². The van der Waals surface area contributed by atoms with E-state index in [0.717, 1.165) is 29.7 Å². The Bertz CT molecular complexity index is 825. The van der Waals surface area contributed by atoms with E-state index in [1.165, 1.54) is 0 Å². The van der Waals surface area contributed by atoms with E-state index in [2.05, 4.69) is 18.5 Å². The molecular formula is C24H29NO3. The normalized spacial score (nSPS) is 13.4. The van der Waals surface area contributed by atoms with Gasteiger partial charge in [0.1, 0.15) is 5.75 Å². The average Bonchev–Trinajstić information content (AvgIpc) is 2.71. The summed E-state index contributed by atoms with van der Waals surface area (Å²) in [6.45, 7) is 5.98. The fourth-order valence-corrected chi connectivity index (χ4v) is 3.13. The molecular weight excluding hydrogens is 350 g/mol. The number of aliphatic hydroxyl groups excluding tert-OH is 2. The average molecular weight is 380 g/mol. The Balaban J connectivity index is 2.25. The predicted octanol–water partition coefficient (Wildman–Crippen LogP) is 4.74. The van der Waals surface area contributed by atoms with Crippen LogP contribution in [0.5, 0.6) is 5.75 Å². The summed E-state index contributed by atoms with van der Waals surface area (Å²) in [5, 5.41) is 30.1. The Morgan fingerprint density at radius 2 is 1.89 bits per heavy atom. The number of nitrogens with zero attached hydrogens (tertiary/aromatic N) is 1. The van der Waals surface area contributed by atoms with E-state index in [1.54, 1.807) is 24.4 Å². The van der Waals surface area contributed by atoms with Crippen LogP contribution >= 0.6 is 0 Å². The van der Waals surface area contributed by atoms with E-state index in [9.17, 15) is 15.3 Å². The molecule has 0 saturated carbocycles. The number of allylic oxidation sites excluding steroid dienone is 1. The fourth-order valence-electron chi connectivity index (χ4n) is 3.13. The molecule has 1 atom stereocenters. The van der Waals surface area contributed by atoms with E-state index in [-0.39, 0.29) is 12.4 Å². The highest BCUT2D eigenvalue weighted by Crippen LogP contribution is 2.28. The number of pyridine rings is 1. The molecule has 1 aromatic heterocycles. The standard InChI is InChI=1S/C24H29NO3/c1-3-8-18(2)21(14-16-26)24(28)13-12-19(22-10-6-7-15-25-22)17-20-9-4-5-11-23(20)27/h4-7,9-11,14-15,17,24,26-28H,2-3,8,12-13,16H2,1H3/b19-17-,21-14-. The van der Waals surface area contributed by atoms with Gasteiger partial charge >= 0.3 is 0 Å². The van der Waals surface area contributed by atoms with Crippen LogP contribution in [0.1, 0.15) is 43.9 Å². The third kappa shape index (κ3) is 6.19. The van der Waals surface area contributed by atoms with Crippen LogP contribution in [0.3, 0.4) is 0 Å². The van der Waals surface area contributed by atoms with Crippen molar-refractivity contribution in [1.82, 2.24) is 4.98 Å². The first-order valence-electron chi connectivity index (χ1n) is 9.63. The van der Waals surface area contributed by atoms with Gasteiger partial charge in [0.15, 0.2) is 0 Å². The van der Waals surface area contributed by atoms with Crippen molar-refractivity contribution < 1.29 is 15.3 Å². The maximum atomic E-state index is 10.7. The van der Waals surface area contributed by atoms with Crippen LogP contribution in [0.2, 0.25) is 0 Å². The maximum absolute atomic E-state index is 10.7. The molecule has 0 aliphatic heterocycles. The van der Waals surface area contributed by atoms with E-state index in [1.807, 2.05) is 36.4 Å².